The molecule has 17 atom stereocenters. The Morgan fingerprint density at radius 2 is 0.580 bits per heavy atom. The number of unbranched alkanes of at least 4 members (excludes halogenated alkanes) is 39. The molecule has 3 aliphatic heterocycles. The maximum Gasteiger partial charge on any atom is 0.220 e. The third-order valence-electron chi connectivity index (χ3n) is 23.0. The number of hydrogen-bond acceptors (Lipinski definition) is 18. The molecule has 17 unspecified atom stereocenters. The van der Waals surface area contributed by atoms with Crippen LogP contribution in [-0.4, -0.2) is 193 Å². The van der Waals surface area contributed by atoms with Crippen LogP contribution in [-0.2, 0) is 33.2 Å². The topological polar surface area (TPSA) is 307 Å². The predicted molar refractivity (Wildman–Crippen MR) is 484 cm³/mol. The Hall–Kier alpha value is -4.07. The predicted octanol–water partition coefficient (Wildman–Crippen LogP) is 19.5. The molecular weight excluding hydrogens is 1500 g/mol. The number of allylic oxidation sites excluding steroid dienone is 22. The third kappa shape index (κ3) is 55.1. The minimum Gasteiger partial charge on any atom is -0.394 e. The molecule has 0 spiro atoms. The number of carbonyl (C=O) groups is 1. The van der Waals surface area contributed by atoms with Gasteiger partial charge in [0.15, 0.2) is 18.9 Å². The maximum atomic E-state index is 13.6. The first-order valence-electron chi connectivity index (χ1n) is 47.9. The van der Waals surface area contributed by atoms with Crippen LogP contribution in [0.1, 0.15) is 361 Å². The fraction of sp³-hybridized carbons (Fsp3) is 0.770. The molecule has 0 aromatic rings. The minimum absolute atomic E-state index is 0.246. The van der Waals surface area contributed by atoms with E-state index in [-0.39, 0.29) is 18.9 Å². The number of ether oxygens (including phenoxy) is 6. The maximum absolute atomic E-state index is 13.6. The molecular formula is C100H173NO18. The van der Waals surface area contributed by atoms with Crippen LogP contribution in [0.4, 0.5) is 0 Å². The Kier molecular flexibility index (Phi) is 71.1. The van der Waals surface area contributed by atoms with Gasteiger partial charge in [0, 0.05) is 6.42 Å². The van der Waals surface area contributed by atoms with Crippen LogP contribution in [0.25, 0.3) is 0 Å². The molecule has 0 saturated carbocycles. The lowest BCUT2D eigenvalue weighted by Gasteiger charge is -2.48. The molecule has 0 aromatic heterocycles. The Bertz CT molecular complexity index is 2670. The Balaban J connectivity index is 1.32. The van der Waals surface area contributed by atoms with Crippen molar-refractivity contribution in [3.8, 4) is 0 Å². The van der Waals surface area contributed by atoms with Gasteiger partial charge in [-0.2, -0.15) is 0 Å². The lowest BCUT2D eigenvalue weighted by Crippen LogP contribution is -2.66. The molecule has 0 radical (unpaired) electrons. The SMILES string of the molecule is CC/C=C\C/C=C\C/C=C\C/C=C\C/C=C\C/C=C\C/C=C\C/C=C\C/C=C\C/C=C\C/C=C\CCCCCCCCCC(=O)NC(COC1OC(CO)C(OC2OC(CO)C(OC3OC(CO)C(O)C(O)C3O)C(O)C2O)C(O)C1O)C(O)CCCCCCCCCCCCCCCCCCCCCCCCCCCCCCCCCCC. The first-order valence-corrected chi connectivity index (χ1v) is 47.9. The van der Waals surface area contributed by atoms with Gasteiger partial charge in [-0.25, -0.2) is 0 Å². The molecule has 3 aliphatic rings. The Labute approximate surface area is 721 Å². The second-order valence-corrected chi connectivity index (χ2v) is 33.5. The fourth-order valence-electron chi connectivity index (χ4n) is 15.4. The van der Waals surface area contributed by atoms with Gasteiger partial charge in [-0.05, 0) is 96.3 Å². The summed E-state index contributed by atoms with van der Waals surface area (Å²) in [5.74, 6) is -0.254. The minimum atomic E-state index is -1.98. The highest BCUT2D eigenvalue weighted by molar-refractivity contribution is 5.76. The van der Waals surface area contributed by atoms with Crippen LogP contribution in [0.5, 0.6) is 0 Å². The zero-order valence-electron chi connectivity index (χ0n) is 74.3. The van der Waals surface area contributed by atoms with Crippen molar-refractivity contribution >= 4 is 5.91 Å². The number of aliphatic hydroxyl groups excluding tert-OH is 11. The quantitative estimate of drug-likeness (QED) is 0.0199. The number of aliphatic hydroxyl groups is 11. The summed E-state index contributed by atoms with van der Waals surface area (Å²) < 4.78 is 34.6. The highest BCUT2D eigenvalue weighted by Crippen LogP contribution is 2.34. The van der Waals surface area contributed by atoms with Crippen LogP contribution >= 0.6 is 0 Å². The van der Waals surface area contributed by atoms with Crippen molar-refractivity contribution in [3.05, 3.63) is 134 Å². The standard InChI is InChI=1S/C100H173NO18/c1-3-5-7-9-11-13-15-17-19-21-23-25-27-29-31-33-35-37-38-39-40-41-42-43-44-46-48-50-52-54-56-58-60-62-64-66-68-70-72-74-76-78-88(106)101-83(84(105)77-75-73-71-69-67-65-63-61-59-57-55-53-51-49-47-45-36-34-32-30-28-26-24-22-20-18-16-14-12-10-8-6-4-2)82-114-98-94(112)91(109)96(86(80-103)116-98)119-100-95(113)92(110)97(87(81-104)117-100)118-99-93(111)90(108)89(107)85(79-102)115-99/h5,7,11,13,17,19,23,25,29,31,35,37,39-40,42-43,46,48,52,54,58,60,83-87,89-100,102-105,107-113H,3-4,6,8-10,12,14-16,18,20-22,24,26-28,30,32-34,36,38,41,44-45,47,49-51,53,55-57,59,61-82H2,1-2H3,(H,101,106)/b7-5-,13-11-,19-17-,25-23-,31-29-,37-35-,40-39-,43-42-,48-46-,54-52-,60-58-. The molecule has 686 valence electrons. The van der Waals surface area contributed by atoms with Crippen LogP contribution in [0, 0.1) is 0 Å². The molecule has 1 amide bonds. The van der Waals surface area contributed by atoms with Crippen molar-refractivity contribution in [3.63, 3.8) is 0 Å². The molecule has 119 heavy (non-hydrogen) atoms. The van der Waals surface area contributed by atoms with Gasteiger partial charge in [0.1, 0.15) is 73.2 Å². The van der Waals surface area contributed by atoms with Crippen LogP contribution < -0.4 is 5.32 Å². The number of hydrogen-bond donors (Lipinski definition) is 12. The average Bonchev–Trinajstić information content (AvgIpc) is 0.778. The van der Waals surface area contributed by atoms with E-state index >= 15 is 0 Å². The van der Waals surface area contributed by atoms with E-state index in [1.54, 1.807) is 0 Å². The summed E-state index contributed by atoms with van der Waals surface area (Å²) in [6, 6.07) is -0.906. The summed E-state index contributed by atoms with van der Waals surface area (Å²) in [6.07, 6.45) is 85.6. The van der Waals surface area contributed by atoms with Gasteiger partial charge in [-0.3, -0.25) is 4.79 Å². The second kappa shape index (κ2) is 77.5. The summed E-state index contributed by atoms with van der Waals surface area (Å²) in [5.41, 5.74) is 0. The van der Waals surface area contributed by atoms with Gasteiger partial charge in [0.05, 0.1) is 38.6 Å². The highest BCUT2D eigenvalue weighted by atomic mass is 16.8. The van der Waals surface area contributed by atoms with Crippen LogP contribution in [0.2, 0.25) is 0 Å². The summed E-state index contributed by atoms with van der Waals surface area (Å²) in [5, 5.41) is 122. The number of amides is 1. The molecule has 19 nitrogen and oxygen atoms in total. The fourth-order valence-corrected chi connectivity index (χ4v) is 15.4. The molecule has 0 aliphatic carbocycles. The number of rotatable bonds is 77. The molecule has 3 saturated heterocycles. The lowest BCUT2D eigenvalue weighted by molar-refractivity contribution is -0.379. The molecule has 0 bridgehead atoms. The van der Waals surface area contributed by atoms with Gasteiger partial charge < -0.3 is 89.9 Å². The largest absolute Gasteiger partial charge is 0.394 e. The zero-order valence-corrected chi connectivity index (χ0v) is 74.3. The van der Waals surface area contributed by atoms with Gasteiger partial charge in [0.2, 0.25) is 5.91 Å². The summed E-state index contributed by atoms with van der Waals surface area (Å²) >= 11 is 0. The van der Waals surface area contributed by atoms with E-state index < -0.39 is 124 Å². The monoisotopic (exact) mass is 1680 g/mol. The van der Waals surface area contributed by atoms with E-state index in [2.05, 4.69) is 153 Å². The van der Waals surface area contributed by atoms with Crippen molar-refractivity contribution in [1.82, 2.24) is 5.32 Å². The molecule has 12 N–H and O–H groups in total. The lowest BCUT2D eigenvalue weighted by atomic mass is 9.96. The number of nitrogens with one attached hydrogen (secondary N) is 1. The van der Waals surface area contributed by atoms with Crippen LogP contribution in [0.3, 0.4) is 0 Å². The van der Waals surface area contributed by atoms with Gasteiger partial charge in [-0.1, -0.05) is 392 Å². The molecule has 3 rings (SSSR count). The average molecular weight is 1680 g/mol. The number of carbonyl (C=O) groups excluding carboxylic acids is 1. The van der Waals surface area contributed by atoms with Crippen LogP contribution in [0.15, 0.2) is 134 Å². The van der Waals surface area contributed by atoms with Crippen molar-refractivity contribution < 1.29 is 89.4 Å². The van der Waals surface area contributed by atoms with E-state index in [0.717, 1.165) is 141 Å². The highest BCUT2D eigenvalue weighted by Gasteiger charge is 2.54. The Morgan fingerprint density at radius 3 is 0.908 bits per heavy atom. The summed E-state index contributed by atoms with van der Waals surface area (Å²) in [4.78, 5) is 13.6. The smallest absolute Gasteiger partial charge is 0.220 e. The third-order valence-corrected chi connectivity index (χ3v) is 23.0. The summed E-state index contributed by atoms with van der Waals surface area (Å²) in [6.45, 7) is 1.72. The van der Waals surface area contributed by atoms with Crippen molar-refractivity contribution in [2.45, 2.75) is 465 Å². The normalized spacial score (nSPS) is 24.8. The van der Waals surface area contributed by atoms with E-state index in [4.69, 9.17) is 28.4 Å². The molecule has 3 heterocycles. The second-order valence-electron chi connectivity index (χ2n) is 33.5. The molecule has 3 fully saturated rings. The van der Waals surface area contributed by atoms with E-state index in [9.17, 15) is 61.0 Å². The van der Waals surface area contributed by atoms with Crippen molar-refractivity contribution in [1.29, 1.82) is 0 Å². The van der Waals surface area contributed by atoms with Crippen molar-refractivity contribution in [2.24, 2.45) is 0 Å². The van der Waals surface area contributed by atoms with E-state index in [0.29, 0.717) is 12.8 Å². The Morgan fingerprint density at radius 1 is 0.311 bits per heavy atom. The molecule has 19 heteroatoms. The molecule has 0 aromatic carbocycles. The van der Waals surface area contributed by atoms with E-state index in [1.807, 2.05) is 0 Å². The van der Waals surface area contributed by atoms with E-state index in [1.165, 1.54) is 186 Å². The van der Waals surface area contributed by atoms with Gasteiger partial charge in [-0.15, -0.1) is 0 Å². The zero-order chi connectivity index (χ0) is 85.9. The summed E-state index contributed by atoms with van der Waals surface area (Å²) in [7, 11) is 0. The van der Waals surface area contributed by atoms with Crippen molar-refractivity contribution in [2.75, 3.05) is 26.4 Å². The van der Waals surface area contributed by atoms with Gasteiger partial charge in [0.25, 0.3) is 0 Å². The first kappa shape index (κ1) is 109. The first-order chi connectivity index (χ1) is 58.3. The van der Waals surface area contributed by atoms with Gasteiger partial charge >= 0.3 is 0 Å².